The van der Waals surface area contributed by atoms with Gasteiger partial charge in [-0.2, -0.15) is 0 Å². The molecule has 0 aliphatic rings. The first-order valence-electron chi connectivity index (χ1n) is 3.80. The lowest BCUT2D eigenvalue weighted by Crippen LogP contribution is -1.90. The van der Waals surface area contributed by atoms with Crippen molar-refractivity contribution in [3.05, 3.63) is 23.2 Å². The van der Waals surface area contributed by atoms with E-state index in [-0.39, 0.29) is 0 Å². The molecule has 0 radical (unpaired) electrons. The fraction of sp³-hybridized carbons (Fsp3) is 0.125. The minimum Gasteiger partial charge on any atom is -0.384 e. The quantitative estimate of drug-likeness (QED) is 0.650. The van der Waals surface area contributed by atoms with E-state index in [9.17, 15) is 0 Å². The van der Waals surface area contributed by atoms with Gasteiger partial charge in [0, 0.05) is 15.8 Å². The summed E-state index contributed by atoms with van der Waals surface area (Å²) < 4.78 is 8.49. The van der Waals surface area contributed by atoms with Gasteiger partial charge in [-0.3, -0.25) is 0 Å². The Morgan fingerprint density at radius 3 is 3.36 bits per heavy atom. The van der Waals surface area contributed by atoms with Crippen LogP contribution in [0.1, 0.15) is 7.06 Å². The van der Waals surface area contributed by atoms with Gasteiger partial charge >= 0.3 is 0 Å². The van der Waals surface area contributed by atoms with E-state index in [0.29, 0.717) is 11.2 Å². The Morgan fingerprint density at radius 1 is 1.73 bits per heavy atom. The first-order chi connectivity index (χ1) is 5.66. The zero-order valence-electron chi connectivity index (χ0n) is 7.09. The number of nitrogens with zero attached hydrogens (tertiary/aromatic N) is 1. The number of hydrogen-bond donors (Lipinski definition) is 1. The fourth-order valence-corrected chi connectivity index (χ4v) is 1.89. The van der Waals surface area contributed by atoms with Gasteiger partial charge in [-0.25, -0.2) is 4.98 Å². The summed E-state index contributed by atoms with van der Waals surface area (Å²) in [7, 11) is 0. The number of hydrogen-bond acceptors (Lipinski definition) is 3. The molecule has 3 heteroatoms. The molecule has 0 atom stereocenters. The molecule has 0 unspecified atom stereocenters. The van der Waals surface area contributed by atoms with Crippen molar-refractivity contribution in [2.45, 2.75) is 6.92 Å². The highest BCUT2D eigenvalue weighted by molar-refractivity contribution is 7.17. The van der Waals surface area contributed by atoms with Gasteiger partial charge < -0.3 is 5.73 Å². The second-order valence-electron chi connectivity index (χ2n) is 2.41. The second kappa shape index (κ2) is 2.20. The number of aromatic nitrogens is 1. The van der Waals surface area contributed by atoms with Crippen molar-refractivity contribution in [3.8, 4) is 0 Å². The second-order valence-corrected chi connectivity index (χ2v) is 3.29. The molecule has 0 saturated heterocycles. The molecule has 56 valence electrons. The van der Waals surface area contributed by atoms with Gasteiger partial charge in [0.05, 0.1) is 1.37 Å². The molecule has 2 N–H and O–H groups in total. The topological polar surface area (TPSA) is 38.9 Å². The molecular weight excluding hydrogens is 156 g/mol. The molecule has 0 fully saturated rings. The maximum absolute atomic E-state index is 7.44. The van der Waals surface area contributed by atoms with E-state index in [1.165, 1.54) is 11.3 Å². The first kappa shape index (κ1) is 5.55. The number of nitrogens with two attached hydrogens (primary N) is 1. The SMILES string of the molecule is [2H]c1cc2c(C)nc(N)cc2s1. The van der Waals surface area contributed by atoms with Gasteiger partial charge in [0.1, 0.15) is 5.82 Å². The van der Waals surface area contributed by atoms with E-state index < -0.39 is 0 Å². The van der Waals surface area contributed by atoms with Crippen molar-refractivity contribution in [1.82, 2.24) is 4.98 Å². The number of thiophene rings is 1. The summed E-state index contributed by atoms with van der Waals surface area (Å²) in [6.45, 7) is 1.91. The normalized spacial score (nSPS) is 11.9. The smallest absolute Gasteiger partial charge is 0.125 e. The van der Waals surface area contributed by atoms with Crippen LogP contribution < -0.4 is 5.73 Å². The van der Waals surface area contributed by atoms with Crippen molar-refractivity contribution < 1.29 is 1.37 Å². The van der Waals surface area contributed by atoms with Crippen LogP contribution in [-0.2, 0) is 0 Å². The molecule has 2 nitrogen and oxygen atoms in total. The maximum atomic E-state index is 7.44. The molecule has 0 aromatic carbocycles. The largest absolute Gasteiger partial charge is 0.384 e. The molecule has 2 aromatic heterocycles. The fourth-order valence-electron chi connectivity index (χ4n) is 1.09. The number of pyridine rings is 1. The molecule has 2 heterocycles. The lowest BCUT2D eigenvalue weighted by Gasteiger charge is -1.96. The summed E-state index contributed by atoms with van der Waals surface area (Å²) in [6.07, 6.45) is 0. The van der Waals surface area contributed by atoms with Crippen LogP contribution in [0.25, 0.3) is 10.1 Å². The minimum absolute atomic E-state index is 0.529. The zero-order chi connectivity index (χ0) is 8.72. The molecule has 2 rings (SSSR count). The van der Waals surface area contributed by atoms with Crippen molar-refractivity contribution in [2.24, 2.45) is 0 Å². The van der Waals surface area contributed by atoms with E-state index in [1.807, 2.05) is 19.1 Å². The summed E-state index contributed by atoms with van der Waals surface area (Å²) in [5.74, 6) is 0.529. The van der Waals surface area contributed by atoms with E-state index in [0.717, 1.165) is 15.8 Å². The van der Waals surface area contributed by atoms with Crippen LogP contribution in [0.2, 0.25) is 0 Å². The molecule has 11 heavy (non-hydrogen) atoms. The predicted octanol–water partition coefficient (Wildman–Crippen LogP) is 2.19. The summed E-state index contributed by atoms with van der Waals surface area (Å²) in [6, 6.07) is 3.63. The Balaban J connectivity index is 2.88. The van der Waals surface area contributed by atoms with Gasteiger partial charge in [0.15, 0.2) is 0 Å². The highest BCUT2D eigenvalue weighted by Crippen LogP contribution is 2.23. The van der Waals surface area contributed by atoms with E-state index >= 15 is 0 Å². The van der Waals surface area contributed by atoms with Gasteiger partial charge in [0.25, 0.3) is 0 Å². The average Bonchev–Trinajstić information content (AvgIpc) is 2.29. The highest BCUT2D eigenvalue weighted by Gasteiger charge is 1.99. The van der Waals surface area contributed by atoms with Crippen LogP contribution in [-0.4, -0.2) is 4.98 Å². The van der Waals surface area contributed by atoms with Crippen LogP contribution >= 0.6 is 11.3 Å². The van der Waals surface area contributed by atoms with Crippen molar-refractivity contribution in [1.29, 1.82) is 0 Å². The van der Waals surface area contributed by atoms with Crippen molar-refractivity contribution in [3.63, 3.8) is 0 Å². The Hall–Kier alpha value is -1.09. The highest BCUT2D eigenvalue weighted by atomic mass is 32.1. The van der Waals surface area contributed by atoms with Crippen molar-refractivity contribution in [2.75, 3.05) is 5.73 Å². The number of nitrogen functional groups attached to an aromatic ring is 1. The number of aryl methyl sites for hydroxylation is 1. The number of anilines is 1. The molecule has 2 aromatic rings. The van der Waals surface area contributed by atoms with Gasteiger partial charge in [-0.05, 0) is 24.4 Å². The molecule has 0 aliphatic heterocycles. The standard InChI is InChI=1S/C8H8N2S/c1-5-6-2-3-11-7(6)4-8(9)10-5/h2-4H,1H3,(H2,9,10)/i3D. The molecule has 0 saturated carbocycles. The van der Waals surface area contributed by atoms with Crippen LogP contribution in [0.15, 0.2) is 17.5 Å². The van der Waals surface area contributed by atoms with E-state index in [2.05, 4.69) is 4.98 Å². The molecule has 0 bridgehead atoms. The minimum atomic E-state index is 0.529. The molecule has 0 amide bonds. The molecular formula is C8H8N2S. The Labute approximate surface area is 70.1 Å². The molecule has 0 aliphatic carbocycles. The third kappa shape index (κ3) is 0.973. The number of fused-ring (bicyclic) bond motifs is 1. The van der Waals surface area contributed by atoms with Crippen molar-refractivity contribution >= 4 is 27.2 Å². The summed E-state index contributed by atoms with van der Waals surface area (Å²) >= 11 is 1.43. The van der Waals surface area contributed by atoms with Gasteiger partial charge in [-0.15, -0.1) is 11.3 Å². The zero-order valence-corrected chi connectivity index (χ0v) is 6.90. The van der Waals surface area contributed by atoms with Crippen LogP contribution in [0, 0.1) is 6.92 Å². The lowest BCUT2D eigenvalue weighted by molar-refractivity contribution is 1.25. The van der Waals surface area contributed by atoms with E-state index in [4.69, 9.17) is 7.10 Å². The lowest BCUT2D eigenvalue weighted by atomic mass is 10.2. The summed E-state index contributed by atoms with van der Waals surface area (Å²) in [5, 5.41) is 1.60. The Bertz CT molecular complexity index is 436. The summed E-state index contributed by atoms with van der Waals surface area (Å²) in [5.41, 5.74) is 6.47. The monoisotopic (exact) mass is 165 g/mol. The predicted molar refractivity (Wildman–Crippen MR) is 48.8 cm³/mol. The average molecular weight is 165 g/mol. The van der Waals surface area contributed by atoms with Gasteiger partial charge in [-0.1, -0.05) is 0 Å². The molecule has 0 spiro atoms. The first-order valence-corrected chi connectivity index (χ1v) is 4.12. The van der Waals surface area contributed by atoms with Gasteiger partial charge in [0.2, 0.25) is 0 Å². The van der Waals surface area contributed by atoms with Crippen LogP contribution in [0.3, 0.4) is 0 Å². The van der Waals surface area contributed by atoms with Crippen LogP contribution in [0.4, 0.5) is 5.82 Å². The number of rotatable bonds is 0. The van der Waals surface area contributed by atoms with Crippen LogP contribution in [0.5, 0.6) is 0 Å². The van der Waals surface area contributed by atoms with E-state index in [1.54, 1.807) is 0 Å². The summed E-state index contributed by atoms with van der Waals surface area (Å²) in [4.78, 5) is 4.12. The third-order valence-corrected chi connectivity index (χ3v) is 2.40. The Kier molecular flexibility index (Phi) is 1.11. The third-order valence-electron chi connectivity index (χ3n) is 1.60. The maximum Gasteiger partial charge on any atom is 0.125 e. The Morgan fingerprint density at radius 2 is 2.55 bits per heavy atom.